The fourth-order valence-electron chi connectivity index (χ4n) is 4.05. The van der Waals surface area contributed by atoms with Crippen LogP contribution in [-0.2, 0) is 32.6 Å². The maximum absolute atomic E-state index is 13.8. The second-order valence-electron chi connectivity index (χ2n) is 8.55. The summed E-state index contributed by atoms with van der Waals surface area (Å²) in [5, 5.41) is 2.60. The molecule has 0 saturated carbocycles. The molecule has 3 aromatic rings. The summed E-state index contributed by atoms with van der Waals surface area (Å²) in [7, 11) is -2.55. The van der Waals surface area contributed by atoms with Crippen LogP contribution >= 0.6 is 0 Å². The van der Waals surface area contributed by atoms with E-state index in [0.29, 0.717) is 12.1 Å². The van der Waals surface area contributed by atoms with E-state index < -0.39 is 28.5 Å². The molecule has 0 aliphatic heterocycles. The molecule has 0 saturated heterocycles. The van der Waals surface area contributed by atoms with Crippen molar-refractivity contribution in [2.45, 2.75) is 44.7 Å². The van der Waals surface area contributed by atoms with Gasteiger partial charge in [-0.05, 0) is 55.2 Å². The summed E-state index contributed by atoms with van der Waals surface area (Å²) in [6, 6.07) is 22.0. The Morgan fingerprint density at radius 3 is 2.08 bits per heavy atom. The second kappa shape index (κ2) is 11.9. The Morgan fingerprint density at radius 2 is 1.47 bits per heavy atom. The number of hydrogen-bond donors (Lipinski definition) is 1. The largest absolute Gasteiger partial charge is 0.357 e. The van der Waals surface area contributed by atoms with Gasteiger partial charge in [0.2, 0.25) is 11.8 Å². The van der Waals surface area contributed by atoms with E-state index in [2.05, 4.69) is 5.32 Å². The number of likely N-dealkylation sites (N-methyl/N-ethyl adjacent to an activating group) is 1. The van der Waals surface area contributed by atoms with Crippen molar-refractivity contribution < 1.29 is 18.0 Å². The lowest BCUT2D eigenvalue weighted by Gasteiger charge is -2.32. The van der Waals surface area contributed by atoms with Crippen LogP contribution < -0.4 is 9.62 Å². The number of para-hydroxylation sites is 1. The molecule has 0 aliphatic rings. The SMILES string of the molecule is CCc1ccccc1N(CC(=O)N(Cc1ccccc1C)[C@@H](C)C(=O)NC)S(=O)(=O)c1ccccc1. The lowest BCUT2D eigenvalue weighted by atomic mass is 10.1. The number of nitrogens with one attached hydrogen (secondary N) is 1. The fraction of sp³-hybridized carbons (Fsp3) is 0.286. The molecule has 0 heterocycles. The van der Waals surface area contributed by atoms with Crippen LogP contribution in [0, 0.1) is 6.92 Å². The summed E-state index contributed by atoms with van der Waals surface area (Å²) >= 11 is 0. The highest BCUT2D eigenvalue weighted by molar-refractivity contribution is 7.92. The van der Waals surface area contributed by atoms with Gasteiger partial charge in [-0.1, -0.05) is 67.6 Å². The molecule has 0 aromatic heterocycles. The number of hydrogen-bond acceptors (Lipinski definition) is 4. The number of aryl methyl sites for hydroxylation is 2. The molecule has 3 aromatic carbocycles. The molecule has 0 radical (unpaired) electrons. The van der Waals surface area contributed by atoms with E-state index in [1.165, 1.54) is 24.1 Å². The minimum atomic E-state index is -4.06. The zero-order valence-corrected chi connectivity index (χ0v) is 22.0. The first-order valence-corrected chi connectivity index (χ1v) is 13.4. The van der Waals surface area contributed by atoms with Gasteiger partial charge >= 0.3 is 0 Å². The number of sulfonamides is 1. The molecule has 0 bridgehead atoms. The number of anilines is 1. The molecule has 8 heteroatoms. The van der Waals surface area contributed by atoms with Crippen molar-refractivity contribution in [3.8, 4) is 0 Å². The molecular formula is C28H33N3O4S. The second-order valence-corrected chi connectivity index (χ2v) is 10.4. The number of carbonyl (C=O) groups excluding carboxylic acids is 2. The third-order valence-corrected chi connectivity index (χ3v) is 8.04. The van der Waals surface area contributed by atoms with Crippen LogP contribution in [0.2, 0.25) is 0 Å². The highest BCUT2D eigenvalue weighted by Gasteiger charge is 2.33. The standard InChI is InChI=1S/C28H33N3O4S/c1-5-23-14-11-12-18-26(23)31(36(34,35)25-16-7-6-8-17-25)20-27(32)30(22(3)28(33)29-4)19-24-15-10-9-13-21(24)2/h6-18,22H,5,19-20H2,1-4H3,(H,29,33)/t22-/m0/s1. The summed E-state index contributed by atoms with van der Waals surface area (Å²) in [5.74, 6) is -0.803. The molecule has 0 fully saturated rings. The zero-order chi connectivity index (χ0) is 26.3. The maximum Gasteiger partial charge on any atom is 0.264 e. The molecule has 0 spiro atoms. The summed E-state index contributed by atoms with van der Waals surface area (Å²) in [6.45, 7) is 5.25. The normalized spacial score (nSPS) is 12.0. The summed E-state index contributed by atoms with van der Waals surface area (Å²) < 4.78 is 28.8. The third-order valence-electron chi connectivity index (χ3n) is 6.27. The van der Waals surface area contributed by atoms with E-state index in [1.54, 1.807) is 37.3 Å². The fourth-order valence-corrected chi connectivity index (χ4v) is 5.52. The number of rotatable bonds is 10. The average Bonchev–Trinajstić information content (AvgIpc) is 2.90. The van der Waals surface area contributed by atoms with E-state index in [4.69, 9.17) is 0 Å². The summed E-state index contributed by atoms with van der Waals surface area (Å²) in [5.41, 5.74) is 3.10. The van der Waals surface area contributed by atoms with Crippen molar-refractivity contribution in [3.63, 3.8) is 0 Å². The highest BCUT2D eigenvalue weighted by atomic mass is 32.2. The Kier molecular flexibility index (Phi) is 8.88. The van der Waals surface area contributed by atoms with Gasteiger partial charge in [-0.2, -0.15) is 0 Å². The smallest absolute Gasteiger partial charge is 0.264 e. The lowest BCUT2D eigenvalue weighted by molar-refractivity contribution is -0.139. The van der Waals surface area contributed by atoms with Gasteiger partial charge in [0.25, 0.3) is 10.0 Å². The van der Waals surface area contributed by atoms with Gasteiger partial charge in [0.05, 0.1) is 10.6 Å². The summed E-state index contributed by atoms with van der Waals surface area (Å²) in [4.78, 5) is 27.9. The van der Waals surface area contributed by atoms with Gasteiger partial charge in [0.1, 0.15) is 12.6 Å². The molecule has 2 amide bonds. The Balaban J connectivity index is 2.07. The van der Waals surface area contributed by atoms with Gasteiger partial charge in [0.15, 0.2) is 0 Å². The minimum Gasteiger partial charge on any atom is -0.357 e. The van der Waals surface area contributed by atoms with E-state index >= 15 is 0 Å². The van der Waals surface area contributed by atoms with Crippen molar-refractivity contribution >= 4 is 27.5 Å². The average molecular weight is 508 g/mol. The van der Waals surface area contributed by atoms with Gasteiger partial charge in [0, 0.05) is 13.6 Å². The number of amides is 2. The van der Waals surface area contributed by atoms with Crippen molar-refractivity contribution in [2.24, 2.45) is 0 Å². The Morgan fingerprint density at radius 1 is 0.889 bits per heavy atom. The number of carbonyl (C=O) groups is 2. The van der Waals surface area contributed by atoms with E-state index in [9.17, 15) is 18.0 Å². The molecule has 1 N–H and O–H groups in total. The zero-order valence-electron chi connectivity index (χ0n) is 21.1. The molecule has 0 aliphatic carbocycles. The Bertz CT molecular complexity index is 1310. The van der Waals surface area contributed by atoms with Gasteiger partial charge in [-0.15, -0.1) is 0 Å². The van der Waals surface area contributed by atoms with Crippen LogP contribution in [0.5, 0.6) is 0 Å². The molecule has 36 heavy (non-hydrogen) atoms. The molecule has 190 valence electrons. The molecule has 3 rings (SSSR count). The quantitative estimate of drug-likeness (QED) is 0.451. The molecule has 7 nitrogen and oxygen atoms in total. The Hall–Kier alpha value is -3.65. The first kappa shape index (κ1) is 26.9. The van der Waals surface area contributed by atoms with Gasteiger partial charge in [-0.25, -0.2) is 8.42 Å². The van der Waals surface area contributed by atoms with Crippen molar-refractivity contribution in [2.75, 3.05) is 17.9 Å². The maximum atomic E-state index is 13.8. The lowest BCUT2D eigenvalue weighted by Crippen LogP contribution is -2.51. The first-order chi connectivity index (χ1) is 17.2. The van der Waals surface area contributed by atoms with Crippen molar-refractivity contribution in [1.29, 1.82) is 0 Å². The van der Waals surface area contributed by atoms with E-state index in [1.807, 2.05) is 50.2 Å². The van der Waals surface area contributed by atoms with Crippen LogP contribution in [-0.4, -0.2) is 44.8 Å². The topological polar surface area (TPSA) is 86.8 Å². The molecular weight excluding hydrogens is 474 g/mol. The Labute approximate surface area is 213 Å². The third kappa shape index (κ3) is 5.94. The predicted octanol–water partition coefficient (Wildman–Crippen LogP) is 3.92. The first-order valence-electron chi connectivity index (χ1n) is 11.9. The summed E-state index contributed by atoms with van der Waals surface area (Å²) in [6.07, 6.45) is 0.590. The van der Waals surface area contributed by atoms with Crippen molar-refractivity contribution in [1.82, 2.24) is 10.2 Å². The van der Waals surface area contributed by atoms with E-state index in [-0.39, 0.29) is 17.3 Å². The molecule has 1 atom stereocenters. The van der Waals surface area contributed by atoms with Crippen molar-refractivity contribution in [3.05, 3.63) is 95.6 Å². The monoisotopic (exact) mass is 507 g/mol. The predicted molar refractivity (Wildman–Crippen MR) is 142 cm³/mol. The van der Waals surface area contributed by atoms with Crippen LogP contribution in [0.25, 0.3) is 0 Å². The van der Waals surface area contributed by atoms with Crippen LogP contribution in [0.3, 0.4) is 0 Å². The van der Waals surface area contributed by atoms with Crippen LogP contribution in [0.1, 0.15) is 30.5 Å². The number of nitrogens with zero attached hydrogens (tertiary/aromatic N) is 2. The van der Waals surface area contributed by atoms with E-state index in [0.717, 1.165) is 21.0 Å². The highest BCUT2D eigenvalue weighted by Crippen LogP contribution is 2.28. The molecule has 0 unspecified atom stereocenters. The minimum absolute atomic E-state index is 0.0912. The van der Waals surface area contributed by atoms with Gasteiger partial charge in [-0.3, -0.25) is 13.9 Å². The number of benzene rings is 3. The van der Waals surface area contributed by atoms with Crippen LogP contribution in [0.4, 0.5) is 5.69 Å². The van der Waals surface area contributed by atoms with Crippen LogP contribution in [0.15, 0.2) is 83.8 Å². The van der Waals surface area contributed by atoms with Gasteiger partial charge < -0.3 is 10.2 Å².